The van der Waals surface area contributed by atoms with E-state index in [2.05, 4.69) is 10.4 Å². The molecule has 0 aromatic carbocycles. The molecular formula is C16H27N5O3S. The molecule has 0 saturated carbocycles. The summed E-state index contributed by atoms with van der Waals surface area (Å²) in [5.74, 6) is 0.401. The summed E-state index contributed by atoms with van der Waals surface area (Å²) in [4.78, 5) is 14.5. The average Bonchev–Trinajstić information content (AvgIpc) is 2.88. The van der Waals surface area contributed by atoms with E-state index in [9.17, 15) is 13.2 Å². The first-order chi connectivity index (χ1) is 11.9. The average molecular weight is 369 g/mol. The van der Waals surface area contributed by atoms with Gasteiger partial charge in [-0.1, -0.05) is 0 Å². The second kappa shape index (κ2) is 7.84. The summed E-state index contributed by atoms with van der Waals surface area (Å²) >= 11 is 0. The Morgan fingerprint density at radius 2 is 2.12 bits per heavy atom. The van der Waals surface area contributed by atoms with E-state index < -0.39 is 10.0 Å². The number of aromatic nitrogens is 2. The summed E-state index contributed by atoms with van der Waals surface area (Å²) in [6.07, 6.45) is 5.89. The molecule has 0 unspecified atom stereocenters. The van der Waals surface area contributed by atoms with Gasteiger partial charge in [-0.25, -0.2) is 12.7 Å². The number of carbonyl (C=O) groups excluding carboxylic acids is 1. The summed E-state index contributed by atoms with van der Waals surface area (Å²) < 4.78 is 26.6. The maximum Gasteiger partial charge on any atom is 0.244 e. The van der Waals surface area contributed by atoms with Crippen molar-refractivity contribution in [1.82, 2.24) is 24.3 Å². The first-order valence-corrected chi connectivity index (χ1v) is 10.8. The number of amides is 1. The highest BCUT2D eigenvalue weighted by molar-refractivity contribution is 7.88. The highest BCUT2D eigenvalue weighted by atomic mass is 32.2. The van der Waals surface area contributed by atoms with Gasteiger partial charge in [0.2, 0.25) is 15.9 Å². The van der Waals surface area contributed by atoms with E-state index in [0.717, 1.165) is 31.6 Å². The van der Waals surface area contributed by atoms with Crippen LogP contribution in [0.5, 0.6) is 0 Å². The van der Waals surface area contributed by atoms with Gasteiger partial charge in [-0.05, 0) is 31.9 Å². The third-order valence-electron chi connectivity index (χ3n) is 5.03. The molecule has 1 atom stereocenters. The van der Waals surface area contributed by atoms with Crippen molar-refractivity contribution in [1.29, 1.82) is 0 Å². The minimum atomic E-state index is -3.20. The number of piperidine rings is 1. The van der Waals surface area contributed by atoms with Crippen LogP contribution in [0.15, 0.2) is 12.3 Å². The largest absolute Gasteiger partial charge is 0.340 e. The molecule has 1 amide bonds. The molecule has 1 aromatic rings. The zero-order valence-corrected chi connectivity index (χ0v) is 15.5. The Hall–Kier alpha value is -1.45. The van der Waals surface area contributed by atoms with Crippen LogP contribution in [-0.4, -0.2) is 78.8 Å². The minimum Gasteiger partial charge on any atom is -0.340 e. The van der Waals surface area contributed by atoms with Gasteiger partial charge in [0.15, 0.2) is 0 Å². The third-order valence-corrected chi connectivity index (χ3v) is 6.33. The Morgan fingerprint density at radius 1 is 1.28 bits per heavy atom. The number of sulfonamides is 1. The molecule has 1 aromatic heterocycles. The molecule has 2 aliphatic rings. The first kappa shape index (κ1) is 18.3. The molecule has 0 spiro atoms. The first-order valence-electron chi connectivity index (χ1n) is 8.90. The third kappa shape index (κ3) is 4.59. The van der Waals surface area contributed by atoms with Gasteiger partial charge in [0.25, 0.3) is 0 Å². The molecule has 9 heteroatoms. The lowest BCUT2D eigenvalue weighted by Crippen LogP contribution is -2.39. The number of hydrogen-bond acceptors (Lipinski definition) is 5. The van der Waals surface area contributed by atoms with Crippen molar-refractivity contribution < 1.29 is 13.2 Å². The maximum absolute atomic E-state index is 12.7. The van der Waals surface area contributed by atoms with Crippen LogP contribution < -0.4 is 5.32 Å². The SMILES string of the molecule is CS(=O)(=O)N1CCCN(C(=O)Cn2nccc2[C@H]2CCCNC2)CC1. The highest BCUT2D eigenvalue weighted by Crippen LogP contribution is 2.23. The lowest BCUT2D eigenvalue weighted by molar-refractivity contribution is -0.131. The smallest absolute Gasteiger partial charge is 0.244 e. The molecule has 1 N–H and O–H groups in total. The van der Waals surface area contributed by atoms with Crippen LogP contribution in [0.2, 0.25) is 0 Å². The monoisotopic (exact) mass is 369 g/mol. The van der Waals surface area contributed by atoms with Crippen LogP contribution in [0.3, 0.4) is 0 Å². The molecular weight excluding hydrogens is 342 g/mol. The molecule has 140 valence electrons. The van der Waals surface area contributed by atoms with Gasteiger partial charge < -0.3 is 10.2 Å². The topological polar surface area (TPSA) is 87.5 Å². The van der Waals surface area contributed by atoms with Crippen LogP contribution in [0.25, 0.3) is 0 Å². The summed E-state index contributed by atoms with van der Waals surface area (Å²) in [7, 11) is -3.20. The van der Waals surface area contributed by atoms with Crippen LogP contribution in [0.4, 0.5) is 0 Å². The minimum absolute atomic E-state index is 0.00377. The Bertz CT molecular complexity index is 696. The predicted octanol–water partition coefficient (Wildman–Crippen LogP) is -0.156. The van der Waals surface area contributed by atoms with E-state index in [1.807, 2.05) is 6.07 Å². The van der Waals surface area contributed by atoms with Crippen molar-refractivity contribution in [3.05, 3.63) is 18.0 Å². The lowest BCUT2D eigenvalue weighted by atomic mass is 9.96. The van der Waals surface area contributed by atoms with Gasteiger partial charge >= 0.3 is 0 Å². The van der Waals surface area contributed by atoms with E-state index in [1.54, 1.807) is 15.8 Å². The van der Waals surface area contributed by atoms with Crippen LogP contribution in [0.1, 0.15) is 30.9 Å². The Kier molecular flexibility index (Phi) is 5.75. The van der Waals surface area contributed by atoms with Gasteiger partial charge in [0, 0.05) is 50.5 Å². The number of nitrogens with zero attached hydrogens (tertiary/aromatic N) is 4. The second-order valence-corrected chi connectivity index (χ2v) is 8.84. The van der Waals surface area contributed by atoms with E-state index in [1.165, 1.54) is 10.6 Å². The summed E-state index contributed by atoms with van der Waals surface area (Å²) in [6, 6.07) is 2.00. The molecule has 2 aliphatic heterocycles. The molecule has 3 rings (SSSR count). The molecule has 0 aliphatic carbocycles. The molecule has 3 heterocycles. The molecule has 0 radical (unpaired) electrons. The van der Waals surface area contributed by atoms with E-state index in [-0.39, 0.29) is 12.5 Å². The van der Waals surface area contributed by atoms with E-state index in [4.69, 9.17) is 0 Å². The number of nitrogens with one attached hydrogen (secondary N) is 1. The van der Waals surface area contributed by atoms with Gasteiger partial charge in [0.1, 0.15) is 6.54 Å². The van der Waals surface area contributed by atoms with Gasteiger partial charge in [0.05, 0.1) is 6.26 Å². The molecule has 8 nitrogen and oxygen atoms in total. The fourth-order valence-electron chi connectivity index (χ4n) is 3.63. The van der Waals surface area contributed by atoms with Gasteiger partial charge in [-0.2, -0.15) is 5.10 Å². The van der Waals surface area contributed by atoms with Gasteiger partial charge in [-0.15, -0.1) is 0 Å². The van der Waals surface area contributed by atoms with Crippen molar-refractivity contribution in [2.24, 2.45) is 0 Å². The summed E-state index contributed by atoms with van der Waals surface area (Å²) in [5.41, 5.74) is 1.10. The molecule has 2 fully saturated rings. The standard InChI is InChI=1S/C16H27N5O3S/c1-25(23,24)20-9-3-8-19(10-11-20)16(22)13-21-15(5-7-18-21)14-4-2-6-17-12-14/h5,7,14,17H,2-4,6,8-13H2,1H3/t14-/m0/s1. The Balaban J connectivity index is 1.62. The quantitative estimate of drug-likeness (QED) is 0.797. The van der Waals surface area contributed by atoms with E-state index >= 15 is 0 Å². The zero-order chi connectivity index (χ0) is 17.9. The summed E-state index contributed by atoms with van der Waals surface area (Å²) in [6.45, 7) is 4.06. The van der Waals surface area contributed by atoms with Crippen molar-refractivity contribution >= 4 is 15.9 Å². The van der Waals surface area contributed by atoms with Crippen molar-refractivity contribution in [3.63, 3.8) is 0 Å². The Morgan fingerprint density at radius 3 is 2.84 bits per heavy atom. The Labute approximate surface area is 149 Å². The van der Waals surface area contributed by atoms with Crippen LogP contribution in [-0.2, 0) is 21.4 Å². The fraction of sp³-hybridized carbons (Fsp3) is 0.750. The summed E-state index contributed by atoms with van der Waals surface area (Å²) in [5, 5.41) is 7.73. The van der Waals surface area contributed by atoms with Crippen molar-refractivity contribution in [3.8, 4) is 0 Å². The predicted molar refractivity (Wildman–Crippen MR) is 94.7 cm³/mol. The second-order valence-electron chi connectivity index (χ2n) is 6.85. The number of carbonyl (C=O) groups is 1. The van der Waals surface area contributed by atoms with Gasteiger partial charge in [-0.3, -0.25) is 9.48 Å². The van der Waals surface area contributed by atoms with E-state index in [0.29, 0.717) is 38.5 Å². The molecule has 0 bridgehead atoms. The maximum atomic E-state index is 12.7. The molecule has 25 heavy (non-hydrogen) atoms. The highest BCUT2D eigenvalue weighted by Gasteiger charge is 2.25. The molecule has 2 saturated heterocycles. The van der Waals surface area contributed by atoms with Crippen LogP contribution in [0, 0.1) is 0 Å². The lowest BCUT2D eigenvalue weighted by Gasteiger charge is -2.25. The zero-order valence-electron chi connectivity index (χ0n) is 14.7. The normalized spacial score (nSPS) is 23.4. The van der Waals surface area contributed by atoms with Crippen molar-refractivity contribution in [2.75, 3.05) is 45.5 Å². The fourth-order valence-corrected chi connectivity index (χ4v) is 4.50. The van der Waals surface area contributed by atoms with Crippen LogP contribution >= 0.6 is 0 Å². The number of hydrogen-bond donors (Lipinski definition) is 1. The van der Waals surface area contributed by atoms with Crippen molar-refractivity contribution in [2.45, 2.75) is 31.7 Å². The number of rotatable bonds is 4.